The zero-order valence-electron chi connectivity index (χ0n) is 24.5. The minimum Gasteiger partial charge on any atom is -0.507 e. The molecule has 0 atom stereocenters. The largest absolute Gasteiger partial charge is 0.507 e. The maximum absolute atomic E-state index is 11.6. The van der Waals surface area contributed by atoms with Gasteiger partial charge in [0.1, 0.15) is 28.2 Å². The molecule has 0 saturated carbocycles. The molecule has 38 heavy (non-hydrogen) atoms. The second kappa shape index (κ2) is 9.76. The predicted molar refractivity (Wildman–Crippen MR) is 157 cm³/mol. The summed E-state index contributed by atoms with van der Waals surface area (Å²) >= 11 is 0. The molecule has 0 aliphatic rings. The first-order valence-electron chi connectivity index (χ1n) is 13.7. The van der Waals surface area contributed by atoms with Crippen molar-refractivity contribution >= 4 is 11.0 Å². The van der Waals surface area contributed by atoms with Crippen LogP contribution < -0.4 is 0 Å². The Morgan fingerprint density at radius 1 is 0.684 bits per heavy atom. The Hall–Kier alpha value is -3.34. The van der Waals surface area contributed by atoms with Crippen molar-refractivity contribution in [3.63, 3.8) is 0 Å². The maximum atomic E-state index is 11.6. The molecule has 202 valence electrons. The lowest BCUT2D eigenvalue weighted by Crippen LogP contribution is -2.21. The van der Waals surface area contributed by atoms with Crippen LogP contribution >= 0.6 is 0 Å². The first-order chi connectivity index (χ1) is 17.7. The van der Waals surface area contributed by atoms with Gasteiger partial charge in [0.25, 0.3) is 0 Å². The van der Waals surface area contributed by atoms with Gasteiger partial charge in [0.05, 0.1) is 0 Å². The van der Waals surface area contributed by atoms with Crippen molar-refractivity contribution in [2.75, 3.05) is 0 Å². The number of aromatic hydroxyl groups is 2. The summed E-state index contributed by atoms with van der Waals surface area (Å²) in [4.78, 5) is 1.53. The molecule has 2 N–H and O–H groups in total. The second-order valence-corrected chi connectivity index (χ2v) is 12.9. The molecule has 4 aromatic rings. The summed E-state index contributed by atoms with van der Waals surface area (Å²) in [6.07, 6.45) is 2.29. The molecule has 4 rings (SSSR count). The van der Waals surface area contributed by atoms with Crippen molar-refractivity contribution in [1.29, 1.82) is 0 Å². The third kappa shape index (κ3) is 5.16. The standard InChI is InChI=1S/C33H43N3O2/c1-10-32(6,7)24-18-21(29(37)25(19-24)33(8,9)11-2)16-22-17-23(31(3,4)5)20-28(30(22)38)36-34-26-14-12-13-15-27(26)35-36/h12-15,17-20,37-38H,10-11,16H2,1-9H3. The highest BCUT2D eigenvalue weighted by Gasteiger charge is 2.29. The van der Waals surface area contributed by atoms with Gasteiger partial charge in [0.15, 0.2) is 0 Å². The highest BCUT2D eigenvalue weighted by molar-refractivity contribution is 5.74. The molecule has 3 aromatic carbocycles. The van der Waals surface area contributed by atoms with Gasteiger partial charge < -0.3 is 10.2 Å². The molecule has 0 radical (unpaired) electrons. The van der Waals surface area contributed by atoms with Crippen LogP contribution in [0, 0.1) is 0 Å². The Balaban J connectivity index is 1.93. The molecule has 5 nitrogen and oxygen atoms in total. The first-order valence-corrected chi connectivity index (χ1v) is 13.7. The number of nitrogens with zero attached hydrogens (tertiary/aromatic N) is 3. The minimum atomic E-state index is -0.182. The average Bonchev–Trinajstić information content (AvgIpc) is 3.29. The number of aromatic nitrogens is 3. The van der Waals surface area contributed by atoms with Crippen LogP contribution in [0.3, 0.4) is 0 Å². The van der Waals surface area contributed by atoms with Gasteiger partial charge in [-0.25, -0.2) is 0 Å². The zero-order chi connectivity index (χ0) is 28.0. The van der Waals surface area contributed by atoms with E-state index >= 15 is 0 Å². The quantitative estimate of drug-likeness (QED) is 0.262. The van der Waals surface area contributed by atoms with Crippen molar-refractivity contribution in [3.05, 3.63) is 76.3 Å². The molecular formula is C33H43N3O2. The summed E-state index contributed by atoms with van der Waals surface area (Å²) < 4.78 is 0. The summed E-state index contributed by atoms with van der Waals surface area (Å²) in [6.45, 7) is 19.7. The Kier molecular flexibility index (Phi) is 7.11. The molecule has 1 aromatic heterocycles. The Morgan fingerprint density at radius 2 is 1.21 bits per heavy atom. The number of phenolic OH excluding ortho intramolecular Hbond substituents is 2. The highest BCUT2D eigenvalue weighted by atomic mass is 16.3. The zero-order valence-corrected chi connectivity index (χ0v) is 24.5. The van der Waals surface area contributed by atoms with Gasteiger partial charge in [-0.1, -0.05) is 92.6 Å². The SMILES string of the molecule is CCC(C)(C)c1cc(Cc2cc(C(C)(C)C)cc(-n3nc4ccccc4n3)c2O)c(O)c(C(C)(C)CC)c1. The molecule has 0 fully saturated rings. The molecule has 0 aliphatic carbocycles. The fourth-order valence-electron chi connectivity index (χ4n) is 4.70. The summed E-state index contributed by atoms with van der Waals surface area (Å²) in [6, 6.07) is 16.0. The normalized spacial score (nSPS) is 12.9. The number of fused-ring (bicyclic) bond motifs is 1. The van der Waals surface area contributed by atoms with Crippen LogP contribution in [0.2, 0.25) is 0 Å². The van der Waals surface area contributed by atoms with E-state index in [2.05, 4.69) is 90.7 Å². The van der Waals surface area contributed by atoms with E-state index in [0.29, 0.717) is 17.9 Å². The smallest absolute Gasteiger partial charge is 0.146 e. The van der Waals surface area contributed by atoms with Crippen LogP contribution in [0.15, 0.2) is 48.5 Å². The lowest BCUT2D eigenvalue weighted by molar-refractivity contribution is 0.419. The number of phenols is 2. The number of benzene rings is 3. The van der Waals surface area contributed by atoms with Gasteiger partial charge >= 0.3 is 0 Å². The molecule has 5 heteroatoms. The molecule has 0 bridgehead atoms. The lowest BCUT2D eigenvalue weighted by atomic mass is 9.74. The predicted octanol–water partition coefficient (Wildman–Crippen LogP) is 8.10. The van der Waals surface area contributed by atoms with Crippen LogP contribution in [-0.2, 0) is 22.7 Å². The van der Waals surface area contributed by atoms with Crippen molar-refractivity contribution in [2.45, 2.75) is 97.8 Å². The summed E-state index contributed by atoms with van der Waals surface area (Å²) in [5.74, 6) is 0.451. The van der Waals surface area contributed by atoms with Gasteiger partial charge in [0, 0.05) is 17.5 Å². The van der Waals surface area contributed by atoms with E-state index in [1.807, 2.05) is 30.3 Å². The average molecular weight is 514 g/mol. The molecule has 0 amide bonds. The van der Waals surface area contributed by atoms with E-state index in [9.17, 15) is 10.2 Å². The Bertz CT molecular complexity index is 1440. The number of hydrogen-bond donors (Lipinski definition) is 2. The third-order valence-electron chi connectivity index (χ3n) is 8.39. The first kappa shape index (κ1) is 27.7. The molecule has 1 heterocycles. The topological polar surface area (TPSA) is 71.2 Å². The Labute approximate surface area is 227 Å². The van der Waals surface area contributed by atoms with E-state index in [0.717, 1.165) is 46.1 Å². The van der Waals surface area contributed by atoms with Crippen LogP contribution in [0.1, 0.15) is 103 Å². The molecule has 0 spiro atoms. The van der Waals surface area contributed by atoms with Crippen molar-refractivity contribution in [1.82, 2.24) is 15.0 Å². The fraction of sp³-hybridized carbons (Fsp3) is 0.455. The summed E-state index contributed by atoms with van der Waals surface area (Å²) in [5.41, 5.74) is 6.51. The molecular weight excluding hydrogens is 470 g/mol. The van der Waals surface area contributed by atoms with Crippen LogP contribution in [0.4, 0.5) is 0 Å². The minimum absolute atomic E-state index is 0.0411. The van der Waals surface area contributed by atoms with Crippen LogP contribution in [0.5, 0.6) is 11.5 Å². The Morgan fingerprint density at radius 3 is 1.74 bits per heavy atom. The summed E-state index contributed by atoms with van der Waals surface area (Å²) in [5, 5.41) is 32.4. The van der Waals surface area contributed by atoms with Crippen molar-refractivity contribution in [2.24, 2.45) is 0 Å². The fourth-order valence-corrected chi connectivity index (χ4v) is 4.70. The van der Waals surface area contributed by atoms with E-state index in [1.165, 1.54) is 10.4 Å². The monoisotopic (exact) mass is 513 g/mol. The van der Waals surface area contributed by atoms with Gasteiger partial charge in [0.2, 0.25) is 0 Å². The van der Waals surface area contributed by atoms with Crippen LogP contribution in [-0.4, -0.2) is 25.2 Å². The van der Waals surface area contributed by atoms with Gasteiger partial charge in [-0.3, -0.25) is 0 Å². The number of hydrogen-bond acceptors (Lipinski definition) is 4. The van der Waals surface area contributed by atoms with Crippen LogP contribution in [0.25, 0.3) is 16.7 Å². The van der Waals surface area contributed by atoms with E-state index in [1.54, 1.807) is 0 Å². The van der Waals surface area contributed by atoms with Crippen molar-refractivity contribution in [3.8, 4) is 17.2 Å². The van der Waals surface area contributed by atoms with E-state index in [4.69, 9.17) is 0 Å². The van der Waals surface area contributed by atoms with E-state index in [-0.39, 0.29) is 22.0 Å². The van der Waals surface area contributed by atoms with E-state index < -0.39 is 0 Å². The molecule has 0 aliphatic heterocycles. The molecule has 0 saturated heterocycles. The second-order valence-electron chi connectivity index (χ2n) is 12.9. The highest BCUT2D eigenvalue weighted by Crippen LogP contribution is 2.42. The lowest BCUT2D eigenvalue weighted by Gasteiger charge is -2.31. The van der Waals surface area contributed by atoms with Gasteiger partial charge in [-0.05, 0) is 64.0 Å². The number of rotatable bonds is 7. The maximum Gasteiger partial charge on any atom is 0.146 e. The van der Waals surface area contributed by atoms with Gasteiger partial charge in [-0.2, -0.15) is 0 Å². The summed E-state index contributed by atoms with van der Waals surface area (Å²) in [7, 11) is 0. The van der Waals surface area contributed by atoms with Gasteiger partial charge in [-0.15, -0.1) is 15.0 Å². The van der Waals surface area contributed by atoms with Crippen molar-refractivity contribution < 1.29 is 10.2 Å². The third-order valence-corrected chi connectivity index (χ3v) is 8.39. The molecule has 0 unspecified atom stereocenters.